The van der Waals surface area contributed by atoms with Crippen molar-refractivity contribution >= 4 is 50.5 Å². The van der Waals surface area contributed by atoms with Crippen LogP contribution in [0.2, 0.25) is 10.0 Å². The zero-order valence-electron chi connectivity index (χ0n) is 15.5. The van der Waals surface area contributed by atoms with E-state index in [1.807, 2.05) is 13.0 Å². The number of nitrogens with one attached hydrogen (secondary N) is 1. The van der Waals surface area contributed by atoms with Crippen molar-refractivity contribution < 1.29 is 13.2 Å². The Balaban J connectivity index is 1.95. The monoisotopic (exact) mass is 448 g/mol. The Hall–Kier alpha value is -2.54. The van der Waals surface area contributed by atoms with Gasteiger partial charge in [-0.1, -0.05) is 41.4 Å². The summed E-state index contributed by atoms with van der Waals surface area (Å²) in [5.41, 5.74) is 1.74. The number of aryl methyl sites for hydroxylation is 1. The molecule has 1 N–H and O–H groups in total. The average molecular weight is 449 g/mol. The second-order valence-electron chi connectivity index (χ2n) is 6.36. The van der Waals surface area contributed by atoms with E-state index in [1.165, 1.54) is 24.3 Å². The van der Waals surface area contributed by atoms with E-state index >= 15 is 0 Å². The van der Waals surface area contributed by atoms with Gasteiger partial charge in [0.05, 0.1) is 10.6 Å². The second-order valence-corrected chi connectivity index (χ2v) is 9.10. The Morgan fingerprint density at radius 1 is 0.931 bits per heavy atom. The van der Waals surface area contributed by atoms with Gasteiger partial charge in [-0.3, -0.25) is 9.10 Å². The smallest absolute Gasteiger partial charge is 0.264 e. The first-order valence-corrected chi connectivity index (χ1v) is 10.9. The van der Waals surface area contributed by atoms with Gasteiger partial charge in [0.25, 0.3) is 10.0 Å². The number of rotatable bonds is 6. The number of hydrogen-bond acceptors (Lipinski definition) is 3. The van der Waals surface area contributed by atoms with Crippen molar-refractivity contribution in [3.8, 4) is 0 Å². The maximum Gasteiger partial charge on any atom is 0.264 e. The fourth-order valence-electron chi connectivity index (χ4n) is 2.73. The first-order valence-electron chi connectivity index (χ1n) is 8.66. The molecule has 0 bridgehead atoms. The van der Waals surface area contributed by atoms with Crippen molar-refractivity contribution in [1.29, 1.82) is 0 Å². The van der Waals surface area contributed by atoms with E-state index in [4.69, 9.17) is 23.2 Å². The molecule has 5 nitrogen and oxygen atoms in total. The van der Waals surface area contributed by atoms with Crippen molar-refractivity contribution in [1.82, 2.24) is 0 Å². The fourth-order valence-corrected chi connectivity index (χ4v) is 4.46. The van der Waals surface area contributed by atoms with Crippen molar-refractivity contribution in [3.05, 3.63) is 88.4 Å². The number of benzene rings is 3. The highest BCUT2D eigenvalue weighted by atomic mass is 35.5. The van der Waals surface area contributed by atoms with Crippen LogP contribution in [0, 0.1) is 6.92 Å². The number of sulfonamides is 1. The zero-order valence-corrected chi connectivity index (χ0v) is 17.8. The number of amides is 1. The second kappa shape index (κ2) is 8.86. The number of nitrogens with zero attached hydrogens (tertiary/aromatic N) is 1. The van der Waals surface area contributed by atoms with Gasteiger partial charge in [0.15, 0.2) is 0 Å². The minimum Gasteiger partial charge on any atom is -0.324 e. The molecule has 3 aromatic rings. The number of carbonyl (C=O) groups is 1. The van der Waals surface area contributed by atoms with E-state index in [0.717, 1.165) is 9.87 Å². The summed E-state index contributed by atoms with van der Waals surface area (Å²) >= 11 is 11.8. The largest absolute Gasteiger partial charge is 0.324 e. The molecule has 0 radical (unpaired) electrons. The molecule has 1 amide bonds. The van der Waals surface area contributed by atoms with Crippen LogP contribution in [-0.4, -0.2) is 20.9 Å². The molecular formula is C21H18Cl2N2O3S. The summed E-state index contributed by atoms with van der Waals surface area (Å²) in [7, 11) is -4.00. The van der Waals surface area contributed by atoms with Crippen molar-refractivity contribution in [2.75, 3.05) is 16.2 Å². The van der Waals surface area contributed by atoms with Crippen LogP contribution in [0.3, 0.4) is 0 Å². The number of anilines is 2. The Kier molecular flexibility index (Phi) is 6.47. The molecule has 0 saturated carbocycles. The molecule has 0 unspecified atom stereocenters. The molecule has 3 aromatic carbocycles. The van der Waals surface area contributed by atoms with Gasteiger partial charge in [-0.15, -0.1) is 0 Å². The van der Waals surface area contributed by atoms with Gasteiger partial charge in [0.1, 0.15) is 6.54 Å². The summed E-state index contributed by atoms with van der Waals surface area (Å²) in [6.45, 7) is 1.45. The van der Waals surface area contributed by atoms with Gasteiger partial charge in [-0.05, 0) is 67.1 Å². The minimum absolute atomic E-state index is 0.0407. The lowest BCUT2D eigenvalue weighted by Gasteiger charge is -2.24. The summed E-state index contributed by atoms with van der Waals surface area (Å²) < 4.78 is 27.6. The lowest BCUT2D eigenvalue weighted by molar-refractivity contribution is -0.114. The van der Waals surface area contributed by atoms with E-state index in [-0.39, 0.29) is 4.90 Å². The molecule has 0 aliphatic heterocycles. The van der Waals surface area contributed by atoms with E-state index in [1.54, 1.807) is 42.5 Å². The maximum atomic E-state index is 13.3. The summed E-state index contributed by atoms with van der Waals surface area (Å²) in [6, 6.07) is 19.4. The Labute approximate surface area is 179 Å². The van der Waals surface area contributed by atoms with Crippen molar-refractivity contribution in [2.24, 2.45) is 0 Å². The van der Waals surface area contributed by atoms with Crippen LogP contribution in [0.1, 0.15) is 5.56 Å². The summed E-state index contributed by atoms with van der Waals surface area (Å²) in [5, 5.41) is 3.57. The van der Waals surface area contributed by atoms with Gasteiger partial charge < -0.3 is 5.32 Å². The highest BCUT2D eigenvalue weighted by Gasteiger charge is 2.27. The summed E-state index contributed by atoms with van der Waals surface area (Å²) in [4.78, 5) is 12.7. The lowest BCUT2D eigenvalue weighted by atomic mass is 10.2. The van der Waals surface area contributed by atoms with Crippen LogP contribution in [0.5, 0.6) is 0 Å². The van der Waals surface area contributed by atoms with Crippen LogP contribution >= 0.6 is 23.2 Å². The summed E-state index contributed by atoms with van der Waals surface area (Å²) in [5.74, 6) is -0.494. The highest BCUT2D eigenvalue weighted by molar-refractivity contribution is 7.92. The third-order valence-electron chi connectivity index (χ3n) is 4.09. The molecule has 0 aliphatic rings. The first-order chi connectivity index (χ1) is 13.8. The maximum absolute atomic E-state index is 13.3. The van der Waals surface area contributed by atoms with Crippen LogP contribution in [0.25, 0.3) is 0 Å². The molecule has 0 aromatic heterocycles. The van der Waals surface area contributed by atoms with Crippen LogP contribution in [0.4, 0.5) is 11.4 Å². The van der Waals surface area contributed by atoms with E-state index < -0.39 is 22.5 Å². The first kappa shape index (κ1) is 21.2. The Morgan fingerprint density at radius 3 is 2.28 bits per heavy atom. The SMILES string of the molecule is Cc1cccc(N(CC(=O)Nc2cccc(Cl)c2)S(=O)(=O)c2ccc(Cl)cc2)c1. The molecule has 0 saturated heterocycles. The van der Waals surface area contributed by atoms with Gasteiger partial charge >= 0.3 is 0 Å². The number of carbonyl (C=O) groups excluding carboxylic acids is 1. The Bertz CT molecular complexity index is 1130. The lowest BCUT2D eigenvalue weighted by Crippen LogP contribution is -2.38. The predicted molar refractivity (Wildman–Crippen MR) is 117 cm³/mol. The molecule has 150 valence electrons. The molecular weight excluding hydrogens is 431 g/mol. The van der Waals surface area contributed by atoms with E-state index in [9.17, 15) is 13.2 Å². The van der Waals surface area contributed by atoms with Crippen LogP contribution in [0.15, 0.2) is 77.7 Å². The van der Waals surface area contributed by atoms with Crippen LogP contribution in [-0.2, 0) is 14.8 Å². The molecule has 8 heteroatoms. The van der Waals surface area contributed by atoms with E-state index in [2.05, 4.69) is 5.32 Å². The number of halogens is 2. The third kappa shape index (κ3) is 5.29. The fraction of sp³-hybridized carbons (Fsp3) is 0.0952. The third-order valence-corrected chi connectivity index (χ3v) is 6.36. The van der Waals surface area contributed by atoms with Gasteiger partial charge in [0, 0.05) is 15.7 Å². The van der Waals surface area contributed by atoms with Crippen LogP contribution < -0.4 is 9.62 Å². The van der Waals surface area contributed by atoms with Crippen molar-refractivity contribution in [2.45, 2.75) is 11.8 Å². The predicted octanol–water partition coefficient (Wildman–Crippen LogP) is 5.14. The standard InChI is InChI=1S/C21H18Cl2N2O3S/c1-15-4-2-7-19(12-15)25(29(27,28)20-10-8-16(22)9-11-20)14-21(26)24-18-6-3-5-17(23)13-18/h2-13H,14H2,1H3,(H,24,26). The topological polar surface area (TPSA) is 66.5 Å². The van der Waals surface area contributed by atoms with Gasteiger partial charge in [-0.25, -0.2) is 8.42 Å². The normalized spacial score (nSPS) is 11.1. The van der Waals surface area contributed by atoms with Crippen molar-refractivity contribution in [3.63, 3.8) is 0 Å². The van der Waals surface area contributed by atoms with E-state index in [0.29, 0.717) is 21.4 Å². The Morgan fingerprint density at radius 2 is 1.62 bits per heavy atom. The zero-order chi connectivity index (χ0) is 21.0. The molecule has 0 heterocycles. The molecule has 0 spiro atoms. The van der Waals surface area contributed by atoms with Gasteiger partial charge in [0.2, 0.25) is 5.91 Å². The quantitative estimate of drug-likeness (QED) is 0.567. The number of hydrogen-bond donors (Lipinski definition) is 1. The minimum atomic E-state index is -4.00. The highest BCUT2D eigenvalue weighted by Crippen LogP contribution is 2.26. The molecule has 29 heavy (non-hydrogen) atoms. The average Bonchev–Trinajstić information content (AvgIpc) is 2.66. The molecule has 3 rings (SSSR count). The molecule has 0 fully saturated rings. The molecule has 0 aliphatic carbocycles. The summed E-state index contributed by atoms with van der Waals surface area (Å²) in [6.07, 6.45) is 0. The van der Waals surface area contributed by atoms with Gasteiger partial charge in [-0.2, -0.15) is 0 Å². The molecule has 0 atom stereocenters.